The second-order valence-electron chi connectivity index (χ2n) is 7.77. The molecular formula is C19H26FN3O2S. The zero-order chi connectivity index (χ0) is 19.9. The normalized spacial score (nSPS) is 12.5. The first-order chi connectivity index (χ1) is 11.8. The van der Waals surface area contributed by atoms with Gasteiger partial charge in [0.1, 0.15) is 5.82 Å². The highest BCUT2D eigenvalue weighted by molar-refractivity contribution is 7.92. The molecule has 0 aliphatic carbocycles. The Morgan fingerprint density at radius 2 is 1.62 bits per heavy atom. The van der Waals surface area contributed by atoms with Crippen LogP contribution >= 0.6 is 0 Å². The number of hydrogen-bond acceptors (Lipinski definition) is 4. The first-order valence-corrected chi connectivity index (χ1v) is 10.3. The van der Waals surface area contributed by atoms with Crippen molar-refractivity contribution in [1.29, 1.82) is 0 Å². The van der Waals surface area contributed by atoms with E-state index >= 15 is 0 Å². The Balaban J connectivity index is 2.88. The number of benzene rings is 1. The van der Waals surface area contributed by atoms with Crippen molar-refractivity contribution in [1.82, 2.24) is 9.97 Å². The maximum Gasteiger partial charge on any atom is 0.239 e. The van der Waals surface area contributed by atoms with Gasteiger partial charge in [0.2, 0.25) is 16.0 Å². The third kappa shape index (κ3) is 4.20. The maximum atomic E-state index is 13.4. The van der Waals surface area contributed by atoms with Crippen LogP contribution in [0.4, 0.5) is 10.3 Å². The van der Waals surface area contributed by atoms with Gasteiger partial charge in [0, 0.05) is 18.2 Å². The molecule has 0 spiro atoms. The summed E-state index contributed by atoms with van der Waals surface area (Å²) in [6.07, 6.45) is 1.11. The van der Waals surface area contributed by atoms with Crippen LogP contribution in [-0.2, 0) is 15.4 Å². The molecule has 0 atom stereocenters. The molecule has 0 aliphatic rings. The smallest absolute Gasteiger partial charge is 0.239 e. The number of anilines is 1. The molecule has 1 aromatic carbocycles. The number of rotatable bonds is 4. The van der Waals surface area contributed by atoms with Crippen molar-refractivity contribution in [2.24, 2.45) is 0 Å². The Labute approximate surface area is 155 Å². The van der Waals surface area contributed by atoms with Gasteiger partial charge in [-0.3, -0.25) is 0 Å². The number of halogens is 1. The van der Waals surface area contributed by atoms with Crippen molar-refractivity contribution in [2.75, 3.05) is 17.6 Å². The molecule has 26 heavy (non-hydrogen) atoms. The summed E-state index contributed by atoms with van der Waals surface area (Å²) in [7, 11) is -2.07. The molecular weight excluding hydrogens is 353 g/mol. The molecule has 5 nitrogen and oxygen atoms in total. The fourth-order valence-corrected chi connectivity index (χ4v) is 3.11. The Bertz CT molecular complexity index is 902. The van der Waals surface area contributed by atoms with Gasteiger partial charge in [-0.2, -0.15) is 0 Å². The Hall–Kier alpha value is -2.02. The highest BCUT2D eigenvalue weighted by atomic mass is 32.2. The predicted molar refractivity (Wildman–Crippen MR) is 103 cm³/mol. The van der Waals surface area contributed by atoms with Crippen molar-refractivity contribution in [3.05, 3.63) is 41.3 Å². The Morgan fingerprint density at radius 3 is 2.04 bits per heavy atom. The summed E-state index contributed by atoms with van der Waals surface area (Å²) in [4.78, 5) is 9.13. The van der Waals surface area contributed by atoms with Gasteiger partial charge in [-0.25, -0.2) is 27.1 Å². The first-order valence-electron chi connectivity index (χ1n) is 8.44. The third-order valence-electron chi connectivity index (χ3n) is 4.12. The van der Waals surface area contributed by atoms with E-state index in [-0.39, 0.29) is 23.1 Å². The second kappa shape index (κ2) is 6.95. The van der Waals surface area contributed by atoms with E-state index in [9.17, 15) is 12.8 Å². The van der Waals surface area contributed by atoms with E-state index in [2.05, 4.69) is 30.7 Å². The number of nitrogens with zero attached hydrogens (tertiary/aromatic N) is 3. The Kier molecular flexibility index (Phi) is 5.42. The first kappa shape index (κ1) is 20.3. The molecule has 2 rings (SSSR count). The zero-order valence-electron chi connectivity index (χ0n) is 16.3. The fourth-order valence-electron chi connectivity index (χ4n) is 2.73. The number of sulfonamides is 1. The monoisotopic (exact) mass is 379 g/mol. The SMILES string of the molecule is CC(C)c1nc(N(C)S(C)(=O)=O)nc(-c2ccc(F)cc2)c1C(C)(C)C. The topological polar surface area (TPSA) is 63.2 Å². The van der Waals surface area contributed by atoms with Gasteiger partial charge in [-0.1, -0.05) is 34.6 Å². The number of aromatic nitrogens is 2. The zero-order valence-corrected chi connectivity index (χ0v) is 17.1. The lowest BCUT2D eigenvalue weighted by molar-refractivity contribution is 0.568. The van der Waals surface area contributed by atoms with Gasteiger partial charge in [0.05, 0.1) is 17.6 Å². The van der Waals surface area contributed by atoms with E-state index in [4.69, 9.17) is 0 Å². The van der Waals surface area contributed by atoms with Crippen LogP contribution in [-0.4, -0.2) is 31.7 Å². The van der Waals surface area contributed by atoms with Gasteiger partial charge in [-0.15, -0.1) is 0 Å². The van der Waals surface area contributed by atoms with Gasteiger partial charge >= 0.3 is 0 Å². The van der Waals surface area contributed by atoms with Crippen LogP contribution < -0.4 is 4.31 Å². The van der Waals surface area contributed by atoms with Crippen LogP contribution in [0.1, 0.15) is 51.8 Å². The van der Waals surface area contributed by atoms with Gasteiger partial charge < -0.3 is 0 Å². The van der Waals surface area contributed by atoms with Crippen molar-refractivity contribution in [3.8, 4) is 11.3 Å². The summed E-state index contributed by atoms with van der Waals surface area (Å²) in [5.41, 5.74) is 2.80. The van der Waals surface area contributed by atoms with Gasteiger partial charge in [0.25, 0.3) is 0 Å². The molecule has 7 heteroatoms. The molecule has 0 fully saturated rings. The third-order valence-corrected chi connectivity index (χ3v) is 5.28. The van der Waals surface area contributed by atoms with Crippen LogP contribution in [0.3, 0.4) is 0 Å². The van der Waals surface area contributed by atoms with Crippen molar-refractivity contribution in [3.63, 3.8) is 0 Å². The molecule has 0 radical (unpaired) electrons. The molecule has 0 amide bonds. The molecule has 0 N–H and O–H groups in total. The molecule has 0 saturated heterocycles. The summed E-state index contributed by atoms with van der Waals surface area (Å²) in [5, 5.41) is 0. The lowest BCUT2D eigenvalue weighted by Crippen LogP contribution is -2.29. The molecule has 0 saturated carbocycles. The molecule has 0 bridgehead atoms. The van der Waals surface area contributed by atoms with E-state index in [1.807, 2.05) is 13.8 Å². The molecule has 1 heterocycles. The van der Waals surface area contributed by atoms with Crippen molar-refractivity contribution < 1.29 is 12.8 Å². The summed E-state index contributed by atoms with van der Waals surface area (Å²) in [5.74, 6) is -0.153. The summed E-state index contributed by atoms with van der Waals surface area (Å²) in [6, 6.07) is 6.06. The average Bonchev–Trinajstić information content (AvgIpc) is 2.51. The highest BCUT2D eigenvalue weighted by Crippen LogP contribution is 2.37. The van der Waals surface area contributed by atoms with Crippen molar-refractivity contribution >= 4 is 16.0 Å². The van der Waals surface area contributed by atoms with Gasteiger partial charge in [0.15, 0.2) is 0 Å². The van der Waals surface area contributed by atoms with E-state index in [1.54, 1.807) is 12.1 Å². The minimum atomic E-state index is -3.50. The summed E-state index contributed by atoms with van der Waals surface area (Å²) >= 11 is 0. The van der Waals surface area contributed by atoms with Crippen molar-refractivity contribution in [2.45, 2.75) is 46.0 Å². The Morgan fingerprint density at radius 1 is 1.08 bits per heavy atom. The quantitative estimate of drug-likeness (QED) is 0.802. The van der Waals surface area contributed by atoms with E-state index in [0.29, 0.717) is 5.69 Å². The lowest BCUT2D eigenvalue weighted by atomic mass is 9.80. The van der Waals surface area contributed by atoms with Crippen LogP contribution in [0.15, 0.2) is 24.3 Å². The largest absolute Gasteiger partial charge is 0.241 e. The lowest BCUT2D eigenvalue weighted by Gasteiger charge is -2.28. The standard InChI is InChI=1S/C19H26FN3O2S/c1-12(2)16-15(19(3,4)5)17(13-8-10-14(20)11-9-13)22-18(21-16)23(6)26(7,24)25/h8-12H,1-7H3. The molecule has 2 aromatic rings. The van der Waals surface area contributed by atoms with E-state index < -0.39 is 10.0 Å². The van der Waals surface area contributed by atoms with Crippen LogP contribution in [0.5, 0.6) is 0 Å². The fraction of sp³-hybridized carbons (Fsp3) is 0.474. The van der Waals surface area contributed by atoms with E-state index in [0.717, 1.165) is 27.4 Å². The van der Waals surface area contributed by atoms with E-state index in [1.165, 1.54) is 19.2 Å². The second-order valence-corrected chi connectivity index (χ2v) is 9.79. The molecule has 142 valence electrons. The van der Waals surface area contributed by atoms with Gasteiger partial charge in [-0.05, 0) is 35.6 Å². The number of hydrogen-bond donors (Lipinski definition) is 0. The predicted octanol–water partition coefficient (Wildman–Crippen LogP) is 4.10. The summed E-state index contributed by atoms with van der Waals surface area (Å²) in [6.45, 7) is 10.2. The molecule has 0 aliphatic heterocycles. The minimum Gasteiger partial charge on any atom is -0.241 e. The highest BCUT2D eigenvalue weighted by Gasteiger charge is 2.29. The van der Waals surface area contributed by atoms with Crippen LogP contribution in [0.2, 0.25) is 0 Å². The van der Waals surface area contributed by atoms with Crippen LogP contribution in [0, 0.1) is 5.82 Å². The minimum absolute atomic E-state index is 0.0677. The summed E-state index contributed by atoms with van der Waals surface area (Å²) < 4.78 is 38.4. The maximum absolute atomic E-state index is 13.4. The molecule has 0 unspecified atom stereocenters. The van der Waals surface area contributed by atoms with Crippen LogP contribution in [0.25, 0.3) is 11.3 Å². The molecule has 1 aromatic heterocycles. The average molecular weight is 380 g/mol.